The molecule has 0 radical (unpaired) electrons. The van der Waals surface area contributed by atoms with Gasteiger partial charge in [-0.1, -0.05) is 24.3 Å². The third-order valence-corrected chi connectivity index (χ3v) is 7.34. The largest absolute Gasteiger partial charge is 0.336 e. The van der Waals surface area contributed by atoms with E-state index in [2.05, 4.69) is 10.1 Å². The van der Waals surface area contributed by atoms with Gasteiger partial charge in [0.2, 0.25) is 0 Å². The number of carbonyl (C=O) groups excluding carboxylic acids is 1. The first-order valence-electron chi connectivity index (χ1n) is 9.61. The van der Waals surface area contributed by atoms with Crippen LogP contribution in [-0.4, -0.2) is 52.5 Å². The molecule has 152 valence electrons. The van der Waals surface area contributed by atoms with Gasteiger partial charge in [0.05, 0.1) is 28.8 Å². The molecular weight excluding hydrogens is 388 g/mol. The first kappa shape index (κ1) is 19.6. The fourth-order valence-corrected chi connectivity index (χ4v) is 5.63. The predicted octanol–water partition coefficient (Wildman–Crippen LogP) is 2.68. The van der Waals surface area contributed by atoms with Crippen LogP contribution in [0.25, 0.3) is 10.9 Å². The van der Waals surface area contributed by atoms with Crippen LogP contribution in [0.4, 0.5) is 0 Å². The number of para-hydroxylation sites is 1. The van der Waals surface area contributed by atoms with Crippen molar-refractivity contribution in [3.63, 3.8) is 0 Å². The van der Waals surface area contributed by atoms with Crippen LogP contribution in [0.5, 0.6) is 0 Å². The van der Waals surface area contributed by atoms with Crippen LogP contribution in [-0.2, 0) is 16.4 Å². The van der Waals surface area contributed by atoms with Gasteiger partial charge in [-0.25, -0.2) is 13.4 Å². The highest BCUT2D eigenvalue weighted by Crippen LogP contribution is 2.27. The smallest absolute Gasteiger partial charge is 0.272 e. The van der Waals surface area contributed by atoms with Gasteiger partial charge in [0.1, 0.15) is 5.69 Å². The van der Waals surface area contributed by atoms with E-state index < -0.39 is 9.84 Å². The summed E-state index contributed by atoms with van der Waals surface area (Å²) in [5.74, 6) is 0.174. The van der Waals surface area contributed by atoms with Crippen LogP contribution in [0.3, 0.4) is 0 Å². The zero-order valence-electron chi connectivity index (χ0n) is 16.8. The first-order valence-corrected chi connectivity index (χ1v) is 11.4. The molecule has 0 spiro atoms. The molecule has 1 amide bonds. The normalized spacial score (nSPS) is 18.2. The number of nitrogens with zero attached hydrogens (tertiary/aromatic N) is 4. The topological polar surface area (TPSA) is 85.2 Å². The predicted molar refractivity (Wildman–Crippen MR) is 112 cm³/mol. The summed E-state index contributed by atoms with van der Waals surface area (Å²) < 4.78 is 25.5. The molecule has 0 bridgehead atoms. The van der Waals surface area contributed by atoms with Gasteiger partial charge in [-0.15, -0.1) is 0 Å². The molecule has 0 aliphatic carbocycles. The summed E-state index contributed by atoms with van der Waals surface area (Å²) in [5.41, 5.74) is 3.87. The van der Waals surface area contributed by atoms with E-state index in [0.29, 0.717) is 18.7 Å². The third-order valence-electron chi connectivity index (χ3n) is 5.59. The number of aromatic nitrogens is 3. The molecular formula is C21H24N4O3S. The highest BCUT2D eigenvalue weighted by Gasteiger charge is 2.31. The summed E-state index contributed by atoms with van der Waals surface area (Å²) in [6, 6.07) is 11.2. The summed E-state index contributed by atoms with van der Waals surface area (Å²) in [6.45, 7) is 4.23. The minimum atomic E-state index is -2.99. The minimum absolute atomic E-state index is 0.129. The number of amides is 1. The number of rotatable bonds is 4. The van der Waals surface area contributed by atoms with Gasteiger partial charge in [0.25, 0.3) is 5.91 Å². The van der Waals surface area contributed by atoms with E-state index in [9.17, 15) is 13.2 Å². The molecule has 0 saturated carbocycles. The number of sulfone groups is 1. The molecule has 4 rings (SSSR count). The highest BCUT2D eigenvalue weighted by molar-refractivity contribution is 7.91. The SMILES string of the molecule is Cc1nn([C@H]2CCS(=O)(=O)C2)c(C)c1CN(C)C(=O)c1ccc2ccccc2n1. The number of carbonyl (C=O) groups is 1. The third kappa shape index (κ3) is 3.76. The fraction of sp³-hybridized carbons (Fsp3) is 0.381. The molecule has 1 aliphatic heterocycles. The van der Waals surface area contributed by atoms with Crippen molar-refractivity contribution in [2.24, 2.45) is 0 Å². The van der Waals surface area contributed by atoms with Crippen molar-refractivity contribution in [3.8, 4) is 0 Å². The lowest BCUT2D eigenvalue weighted by molar-refractivity contribution is 0.0779. The Bertz CT molecular complexity index is 1200. The number of benzene rings is 1. The molecule has 7 nitrogen and oxygen atoms in total. The average Bonchev–Trinajstić information content (AvgIpc) is 3.20. The van der Waals surface area contributed by atoms with Crippen LogP contribution in [0.2, 0.25) is 0 Å². The van der Waals surface area contributed by atoms with E-state index in [-0.39, 0.29) is 23.5 Å². The second kappa shape index (κ2) is 7.26. The molecule has 3 aromatic rings. The van der Waals surface area contributed by atoms with E-state index >= 15 is 0 Å². The maximum absolute atomic E-state index is 12.9. The molecule has 1 fully saturated rings. The van der Waals surface area contributed by atoms with E-state index in [0.717, 1.165) is 27.9 Å². The Morgan fingerprint density at radius 1 is 1.21 bits per heavy atom. The lowest BCUT2D eigenvalue weighted by Gasteiger charge is -2.18. The van der Waals surface area contributed by atoms with Gasteiger partial charge in [-0.3, -0.25) is 9.48 Å². The van der Waals surface area contributed by atoms with Crippen molar-refractivity contribution in [1.82, 2.24) is 19.7 Å². The lowest BCUT2D eigenvalue weighted by atomic mass is 10.1. The molecule has 1 saturated heterocycles. The van der Waals surface area contributed by atoms with Crippen LogP contribution in [0, 0.1) is 13.8 Å². The molecule has 1 aromatic carbocycles. The Hall–Kier alpha value is -2.74. The average molecular weight is 413 g/mol. The van der Waals surface area contributed by atoms with Gasteiger partial charge in [0, 0.05) is 30.2 Å². The molecule has 0 unspecified atom stereocenters. The summed E-state index contributed by atoms with van der Waals surface area (Å²) in [4.78, 5) is 19.0. The van der Waals surface area contributed by atoms with Crippen LogP contribution < -0.4 is 0 Å². The van der Waals surface area contributed by atoms with E-state index in [4.69, 9.17) is 0 Å². The Kier molecular flexibility index (Phi) is 4.90. The first-order chi connectivity index (χ1) is 13.7. The van der Waals surface area contributed by atoms with E-state index in [1.54, 1.807) is 18.0 Å². The molecule has 1 aliphatic rings. The number of pyridine rings is 1. The molecule has 3 heterocycles. The van der Waals surface area contributed by atoms with Crippen molar-refractivity contribution in [2.75, 3.05) is 18.6 Å². The number of hydrogen-bond donors (Lipinski definition) is 0. The van der Waals surface area contributed by atoms with Gasteiger partial charge < -0.3 is 4.90 Å². The van der Waals surface area contributed by atoms with E-state index in [1.807, 2.05) is 48.9 Å². The molecule has 29 heavy (non-hydrogen) atoms. The maximum Gasteiger partial charge on any atom is 0.272 e. The van der Waals surface area contributed by atoms with Crippen molar-refractivity contribution < 1.29 is 13.2 Å². The number of fused-ring (bicyclic) bond motifs is 1. The Morgan fingerprint density at radius 3 is 2.69 bits per heavy atom. The number of aryl methyl sites for hydroxylation is 1. The second-order valence-corrected chi connectivity index (χ2v) is 9.93. The standard InChI is InChI=1S/C21H24N4O3S/c1-14-18(15(2)25(23-14)17-10-11-29(27,28)13-17)12-24(3)21(26)20-9-8-16-6-4-5-7-19(16)22-20/h4-9,17H,10-13H2,1-3H3/t17-/m0/s1. The highest BCUT2D eigenvalue weighted by atomic mass is 32.2. The Labute approximate surface area is 170 Å². The monoisotopic (exact) mass is 412 g/mol. The van der Waals surface area contributed by atoms with Gasteiger partial charge in [-0.05, 0) is 32.4 Å². The lowest BCUT2D eigenvalue weighted by Crippen LogP contribution is -2.27. The summed E-state index contributed by atoms with van der Waals surface area (Å²) in [6.07, 6.45) is 0.583. The molecule has 2 aromatic heterocycles. The quantitative estimate of drug-likeness (QED) is 0.658. The van der Waals surface area contributed by atoms with Crippen LogP contribution in [0.15, 0.2) is 36.4 Å². The molecule has 8 heteroatoms. The minimum Gasteiger partial charge on any atom is -0.336 e. The Morgan fingerprint density at radius 2 is 1.97 bits per heavy atom. The van der Waals surface area contributed by atoms with Crippen molar-refractivity contribution in [2.45, 2.75) is 32.9 Å². The van der Waals surface area contributed by atoms with Crippen LogP contribution >= 0.6 is 0 Å². The summed E-state index contributed by atoms with van der Waals surface area (Å²) >= 11 is 0. The molecule has 1 atom stereocenters. The summed E-state index contributed by atoms with van der Waals surface area (Å²) in [7, 11) is -1.24. The fourth-order valence-electron chi connectivity index (χ4n) is 3.94. The number of hydrogen-bond acceptors (Lipinski definition) is 5. The van der Waals surface area contributed by atoms with Gasteiger partial charge in [0.15, 0.2) is 9.84 Å². The Balaban J connectivity index is 1.56. The molecule has 0 N–H and O–H groups in total. The van der Waals surface area contributed by atoms with Gasteiger partial charge >= 0.3 is 0 Å². The van der Waals surface area contributed by atoms with Crippen molar-refractivity contribution in [3.05, 3.63) is 59.0 Å². The zero-order valence-corrected chi connectivity index (χ0v) is 17.6. The zero-order chi connectivity index (χ0) is 20.8. The van der Waals surface area contributed by atoms with Crippen LogP contribution in [0.1, 0.15) is 39.9 Å². The van der Waals surface area contributed by atoms with E-state index in [1.165, 1.54) is 0 Å². The second-order valence-electron chi connectivity index (χ2n) is 7.70. The maximum atomic E-state index is 12.9. The van der Waals surface area contributed by atoms with Gasteiger partial charge in [-0.2, -0.15) is 5.10 Å². The van der Waals surface area contributed by atoms with Crippen molar-refractivity contribution >= 4 is 26.6 Å². The summed E-state index contributed by atoms with van der Waals surface area (Å²) in [5, 5.41) is 5.57. The van der Waals surface area contributed by atoms with Crippen molar-refractivity contribution in [1.29, 1.82) is 0 Å².